The molecule has 4 N–H and O–H groups in total. The molecule has 6 atom stereocenters. The van der Waals surface area contributed by atoms with Gasteiger partial charge >= 0.3 is 0 Å². The van der Waals surface area contributed by atoms with E-state index in [1.807, 2.05) is 6.92 Å². The summed E-state index contributed by atoms with van der Waals surface area (Å²) in [6, 6.07) is 2.97. The number of aliphatic hydroxyl groups is 1. The third-order valence-corrected chi connectivity index (χ3v) is 6.39. The number of benzene rings is 1. The summed E-state index contributed by atoms with van der Waals surface area (Å²) in [6.45, 7) is 5.20. The van der Waals surface area contributed by atoms with E-state index in [4.69, 9.17) is 0 Å². The van der Waals surface area contributed by atoms with Gasteiger partial charge in [-0.1, -0.05) is 6.92 Å². The van der Waals surface area contributed by atoms with Gasteiger partial charge in [0.25, 0.3) is 5.91 Å². The maximum Gasteiger partial charge on any atom is 0.291 e. The van der Waals surface area contributed by atoms with Crippen LogP contribution in [0.4, 0.5) is 10.1 Å². The average molecular weight is 376 g/mol. The third kappa shape index (κ3) is 2.17. The number of hydrogen-bond acceptors (Lipinski definition) is 4. The zero-order chi connectivity index (χ0) is 19.7. The van der Waals surface area contributed by atoms with E-state index < -0.39 is 47.2 Å². The van der Waals surface area contributed by atoms with Crippen molar-refractivity contribution in [3.8, 4) is 0 Å². The molecule has 3 heterocycles. The zero-order valence-corrected chi connectivity index (χ0v) is 15.4. The number of aliphatic hydroxyl groups excluding tert-OH is 1. The Morgan fingerprint density at radius 3 is 2.63 bits per heavy atom. The Morgan fingerprint density at radius 2 is 2.00 bits per heavy atom. The van der Waals surface area contributed by atoms with E-state index in [1.54, 1.807) is 19.2 Å². The lowest BCUT2D eigenvalue weighted by Crippen LogP contribution is -3.00. The topological polar surface area (TPSA) is 103 Å². The minimum Gasteiger partial charge on any atom is -0.387 e. The lowest BCUT2D eigenvalue weighted by atomic mass is 9.76. The molecule has 3 aliphatic rings. The standard InChI is InChI=1S/C19H22FN3O4/c1-4-8(2)23-16(25)13-14(17(23)26)19(22-15(13)9(3)24)11-7-10(20)5-6-12(11)21-18(19)27/h5-9,13-15,22,24H,4H2,1-3H3,(H,21,27)/p+1/t8-,9-,13+,14+,15-,19-/m1/s1. The summed E-state index contributed by atoms with van der Waals surface area (Å²) in [5, 5.41) is 14.6. The van der Waals surface area contributed by atoms with Crippen LogP contribution in [0.3, 0.4) is 0 Å². The smallest absolute Gasteiger partial charge is 0.291 e. The van der Waals surface area contributed by atoms with E-state index in [2.05, 4.69) is 5.32 Å². The molecule has 3 amide bonds. The highest BCUT2D eigenvalue weighted by Gasteiger charge is 2.75. The van der Waals surface area contributed by atoms with Gasteiger partial charge in [0.15, 0.2) is 0 Å². The Bertz CT molecular complexity index is 857. The first-order valence-corrected chi connectivity index (χ1v) is 9.26. The van der Waals surface area contributed by atoms with Gasteiger partial charge < -0.3 is 15.7 Å². The first kappa shape index (κ1) is 18.1. The van der Waals surface area contributed by atoms with E-state index in [1.165, 1.54) is 23.1 Å². The van der Waals surface area contributed by atoms with Crippen LogP contribution in [0.15, 0.2) is 18.2 Å². The highest BCUT2D eigenvalue weighted by molar-refractivity contribution is 6.14. The monoisotopic (exact) mass is 376 g/mol. The van der Waals surface area contributed by atoms with Crippen molar-refractivity contribution in [3.63, 3.8) is 0 Å². The van der Waals surface area contributed by atoms with Gasteiger partial charge in [-0.2, -0.15) is 0 Å². The Kier molecular flexibility index (Phi) is 3.91. The lowest BCUT2D eigenvalue weighted by Gasteiger charge is -2.29. The van der Waals surface area contributed by atoms with Crippen LogP contribution in [0.5, 0.6) is 0 Å². The Labute approximate surface area is 155 Å². The van der Waals surface area contributed by atoms with Crippen LogP contribution < -0.4 is 10.6 Å². The molecular formula is C19H23FN3O4+. The van der Waals surface area contributed by atoms with E-state index in [0.717, 1.165) is 0 Å². The number of fused-ring (bicyclic) bond motifs is 4. The molecule has 1 aromatic rings. The fraction of sp³-hybridized carbons (Fsp3) is 0.526. The minimum atomic E-state index is -1.45. The second-order valence-electron chi connectivity index (χ2n) is 7.80. The van der Waals surface area contributed by atoms with Gasteiger partial charge in [0.2, 0.25) is 17.4 Å². The number of nitrogens with two attached hydrogens (primary N) is 1. The molecule has 3 aliphatic heterocycles. The van der Waals surface area contributed by atoms with Crippen molar-refractivity contribution in [1.82, 2.24) is 4.90 Å². The number of rotatable bonds is 3. The number of likely N-dealkylation sites (tertiary alicyclic amines) is 1. The highest BCUT2D eigenvalue weighted by Crippen LogP contribution is 2.49. The molecular weight excluding hydrogens is 353 g/mol. The number of imide groups is 1. The van der Waals surface area contributed by atoms with Gasteiger partial charge in [-0.25, -0.2) is 4.39 Å². The van der Waals surface area contributed by atoms with Gasteiger partial charge in [0, 0.05) is 11.6 Å². The highest BCUT2D eigenvalue weighted by atomic mass is 19.1. The Morgan fingerprint density at radius 1 is 1.30 bits per heavy atom. The van der Waals surface area contributed by atoms with Gasteiger partial charge in [-0.15, -0.1) is 0 Å². The molecule has 0 unspecified atom stereocenters. The number of carbonyl (C=O) groups is 3. The van der Waals surface area contributed by atoms with Crippen LogP contribution in [-0.2, 0) is 19.9 Å². The minimum absolute atomic E-state index is 0.307. The summed E-state index contributed by atoms with van der Waals surface area (Å²) in [7, 11) is 0. The lowest BCUT2D eigenvalue weighted by molar-refractivity contribution is -0.738. The summed E-state index contributed by atoms with van der Waals surface area (Å²) in [5.74, 6) is -3.56. The van der Waals surface area contributed by atoms with Crippen molar-refractivity contribution >= 4 is 23.4 Å². The number of anilines is 1. The van der Waals surface area contributed by atoms with Gasteiger partial charge in [-0.3, -0.25) is 19.3 Å². The van der Waals surface area contributed by atoms with Gasteiger partial charge in [-0.05, 0) is 38.5 Å². The fourth-order valence-corrected chi connectivity index (χ4v) is 4.94. The number of halogens is 1. The molecule has 144 valence electrons. The second-order valence-corrected chi connectivity index (χ2v) is 7.80. The van der Waals surface area contributed by atoms with Crippen molar-refractivity contribution in [3.05, 3.63) is 29.6 Å². The van der Waals surface area contributed by atoms with Crippen molar-refractivity contribution in [2.75, 3.05) is 5.32 Å². The number of quaternary nitrogens is 1. The second kappa shape index (κ2) is 5.84. The molecule has 2 fully saturated rings. The number of carbonyl (C=O) groups excluding carboxylic acids is 3. The maximum absolute atomic E-state index is 14.0. The number of hydrogen-bond donors (Lipinski definition) is 3. The average Bonchev–Trinajstić information content (AvgIpc) is 3.20. The van der Waals surface area contributed by atoms with Crippen LogP contribution in [0, 0.1) is 17.7 Å². The van der Waals surface area contributed by atoms with Crippen molar-refractivity contribution in [1.29, 1.82) is 0 Å². The van der Waals surface area contributed by atoms with Crippen LogP contribution in [0.2, 0.25) is 0 Å². The molecule has 0 saturated carbocycles. The molecule has 4 rings (SSSR count). The molecule has 0 radical (unpaired) electrons. The molecule has 2 saturated heterocycles. The molecule has 8 heteroatoms. The molecule has 27 heavy (non-hydrogen) atoms. The first-order chi connectivity index (χ1) is 12.7. The SMILES string of the molecule is CC[C@@H](C)N1C(=O)[C@@H]2[C@@H]([C@@H](C)O)[NH2+][C@@]3(C(=O)Nc4ccc(F)cc43)[C@@H]2C1=O. The number of nitrogens with one attached hydrogen (secondary N) is 1. The van der Waals surface area contributed by atoms with Crippen LogP contribution >= 0.6 is 0 Å². The molecule has 1 spiro atoms. The Hall–Kier alpha value is -2.32. The molecule has 0 aliphatic carbocycles. The van der Waals surface area contributed by atoms with Gasteiger partial charge in [0.1, 0.15) is 29.8 Å². The fourth-order valence-electron chi connectivity index (χ4n) is 4.94. The third-order valence-electron chi connectivity index (χ3n) is 6.39. The van der Waals surface area contributed by atoms with Crippen molar-refractivity contribution < 1.29 is 29.2 Å². The number of nitrogens with zero attached hydrogens (tertiary/aromatic N) is 1. The van der Waals surface area contributed by atoms with Gasteiger partial charge in [0.05, 0.1) is 5.69 Å². The molecule has 0 bridgehead atoms. The largest absolute Gasteiger partial charge is 0.387 e. The van der Waals surface area contributed by atoms with Crippen LogP contribution in [0.25, 0.3) is 0 Å². The summed E-state index contributed by atoms with van der Waals surface area (Å²) in [4.78, 5) is 40.7. The van der Waals surface area contributed by atoms with E-state index in [-0.39, 0.29) is 11.9 Å². The maximum atomic E-state index is 14.0. The predicted molar refractivity (Wildman–Crippen MR) is 92.7 cm³/mol. The van der Waals surface area contributed by atoms with Crippen LogP contribution in [-0.4, -0.2) is 45.9 Å². The zero-order valence-electron chi connectivity index (χ0n) is 15.4. The summed E-state index contributed by atoms with van der Waals surface area (Å²) in [5.41, 5.74) is -0.652. The number of amides is 3. The molecule has 0 aromatic heterocycles. The summed E-state index contributed by atoms with van der Waals surface area (Å²) < 4.78 is 14.0. The van der Waals surface area contributed by atoms with Crippen LogP contribution in [0.1, 0.15) is 32.8 Å². The van der Waals surface area contributed by atoms with Crippen molar-refractivity contribution in [2.24, 2.45) is 11.8 Å². The first-order valence-electron chi connectivity index (χ1n) is 9.26. The normalized spacial score (nSPS) is 34.0. The summed E-state index contributed by atoms with van der Waals surface area (Å²) >= 11 is 0. The van der Waals surface area contributed by atoms with E-state index in [9.17, 15) is 23.9 Å². The predicted octanol–water partition coefficient (Wildman–Crippen LogP) is -0.301. The van der Waals surface area contributed by atoms with E-state index >= 15 is 0 Å². The van der Waals surface area contributed by atoms with E-state index in [0.29, 0.717) is 17.7 Å². The molecule has 7 nitrogen and oxygen atoms in total. The summed E-state index contributed by atoms with van der Waals surface area (Å²) in [6.07, 6.45) is -0.333. The Balaban J connectivity index is 1.92. The molecule has 1 aromatic carbocycles. The quantitative estimate of drug-likeness (QED) is 0.630. The van der Waals surface area contributed by atoms with Crippen molar-refractivity contribution in [2.45, 2.75) is 50.9 Å².